The normalized spacial score (nSPS) is 21.4. The lowest BCUT2D eigenvalue weighted by Gasteiger charge is -2.28. The number of nitrogens with zero attached hydrogens (tertiary/aromatic N) is 1. The van der Waals surface area contributed by atoms with E-state index in [0.29, 0.717) is 11.6 Å². The maximum absolute atomic E-state index is 9.87. The fraction of sp³-hybridized carbons (Fsp3) is 0.571. The molecule has 0 aliphatic carbocycles. The summed E-state index contributed by atoms with van der Waals surface area (Å²) < 4.78 is 0. The molecule has 0 aromatic heterocycles. The third-order valence-electron chi connectivity index (χ3n) is 3.81. The molecule has 4 heteroatoms. The van der Waals surface area contributed by atoms with Gasteiger partial charge >= 0.3 is 0 Å². The van der Waals surface area contributed by atoms with Crippen LogP contribution in [0.1, 0.15) is 31.4 Å². The van der Waals surface area contributed by atoms with Gasteiger partial charge in [-0.05, 0) is 45.5 Å². The summed E-state index contributed by atoms with van der Waals surface area (Å²) in [5, 5.41) is 23.2. The molecule has 2 unspecified atom stereocenters. The SMILES string of the molecule is CC(c1c(O)cccc1O)N(C)CC1CCCN1. The summed E-state index contributed by atoms with van der Waals surface area (Å²) in [6.45, 7) is 4.02. The molecule has 4 nitrogen and oxygen atoms in total. The largest absolute Gasteiger partial charge is 0.507 e. The first-order valence-corrected chi connectivity index (χ1v) is 6.54. The summed E-state index contributed by atoms with van der Waals surface area (Å²) >= 11 is 0. The van der Waals surface area contributed by atoms with E-state index in [0.717, 1.165) is 13.1 Å². The van der Waals surface area contributed by atoms with E-state index in [1.54, 1.807) is 18.2 Å². The topological polar surface area (TPSA) is 55.7 Å². The molecule has 2 rings (SSSR count). The zero-order chi connectivity index (χ0) is 13.1. The lowest BCUT2D eigenvalue weighted by atomic mass is 10.0. The van der Waals surface area contributed by atoms with Gasteiger partial charge < -0.3 is 15.5 Å². The predicted octanol–water partition coefficient (Wildman–Crippen LogP) is 1.84. The fourth-order valence-corrected chi connectivity index (χ4v) is 2.61. The molecule has 0 radical (unpaired) electrons. The van der Waals surface area contributed by atoms with Crippen LogP contribution in [-0.2, 0) is 0 Å². The van der Waals surface area contributed by atoms with Crippen LogP contribution in [0.25, 0.3) is 0 Å². The Kier molecular flexibility index (Phi) is 4.09. The van der Waals surface area contributed by atoms with E-state index >= 15 is 0 Å². The molecule has 1 aromatic carbocycles. The Balaban J connectivity index is 2.07. The number of nitrogens with one attached hydrogen (secondary N) is 1. The highest BCUT2D eigenvalue weighted by Crippen LogP contribution is 2.35. The number of phenols is 2. The average molecular weight is 250 g/mol. The molecule has 0 bridgehead atoms. The predicted molar refractivity (Wildman–Crippen MR) is 71.8 cm³/mol. The lowest BCUT2D eigenvalue weighted by Crippen LogP contribution is -2.36. The molecule has 0 saturated carbocycles. The first kappa shape index (κ1) is 13.2. The Bertz CT molecular complexity index is 383. The molecule has 100 valence electrons. The van der Waals surface area contributed by atoms with Crippen molar-refractivity contribution in [3.05, 3.63) is 23.8 Å². The van der Waals surface area contributed by atoms with E-state index in [1.807, 2.05) is 14.0 Å². The summed E-state index contributed by atoms with van der Waals surface area (Å²) in [6.07, 6.45) is 2.43. The van der Waals surface area contributed by atoms with Gasteiger partial charge in [-0.3, -0.25) is 4.90 Å². The zero-order valence-electron chi connectivity index (χ0n) is 11.1. The van der Waals surface area contributed by atoms with Gasteiger partial charge in [-0.15, -0.1) is 0 Å². The Labute approximate surface area is 108 Å². The second kappa shape index (κ2) is 5.59. The molecule has 1 aliphatic rings. The number of rotatable bonds is 4. The molecule has 2 atom stereocenters. The maximum Gasteiger partial charge on any atom is 0.124 e. The first-order chi connectivity index (χ1) is 8.59. The number of aromatic hydroxyl groups is 2. The van der Waals surface area contributed by atoms with E-state index in [2.05, 4.69) is 10.2 Å². The van der Waals surface area contributed by atoms with Gasteiger partial charge in [0.05, 0.1) is 5.56 Å². The van der Waals surface area contributed by atoms with Gasteiger partial charge in [0, 0.05) is 18.6 Å². The van der Waals surface area contributed by atoms with Crippen LogP contribution in [-0.4, -0.2) is 41.3 Å². The van der Waals surface area contributed by atoms with Gasteiger partial charge in [0.15, 0.2) is 0 Å². The van der Waals surface area contributed by atoms with E-state index in [-0.39, 0.29) is 17.5 Å². The molecule has 0 amide bonds. The second-order valence-corrected chi connectivity index (χ2v) is 5.12. The monoisotopic (exact) mass is 250 g/mol. The van der Waals surface area contributed by atoms with Crippen LogP contribution in [0.3, 0.4) is 0 Å². The van der Waals surface area contributed by atoms with Crippen molar-refractivity contribution in [2.45, 2.75) is 31.8 Å². The standard InChI is InChI=1S/C14H22N2O2/c1-10(14-12(17)6-3-7-13(14)18)16(2)9-11-5-4-8-15-11/h3,6-7,10-11,15,17-18H,4-5,8-9H2,1-2H3. The molecule has 3 N–H and O–H groups in total. The van der Waals surface area contributed by atoms with Crippen LogP contribution in [0.5, 0.6) is 11.5 Å². The molecule has 1 fully saturated rings. The van der Waals surface area contributed by atoms with Crippen LogP contribution >= 0.6 is 0 Å². The Morgan fingerprint density at radius 1 is 1.39 bits per heavy atom. The van der Waals surface area contributed by atoms with Crippen molar-refractivity contribution in [3.63, 3.8) is 0 Å². The van der Waals surface area contributed by atoms with Crippen molar-refractivity contribution in [3.8, 4) is 11.5 Å². The Morgan fingerprint density at radius 2 is 2.06 bits per heavy atom. The number of phenolic OH excluding ortho intramolecular Hbond substituents is 2. The fourth-order valence-electron chi connectivity index (χ4n) is 2.61. The van der Waals surface area contributed by atoms with E-state index in [4.69, 9.17) is 0 Å². The van der Waals surface area contributed by atoms with Crippen LogP contribution in [0.15, 0.2) is 18.2 Å². The summed E-state index contributed by atoms with van der Waals surface area (Å²) in [4.78, 5) is 2.16. The second-order valence-electron chi connectivity index (χ2n) is 5.12. The first-order valence-electron chi connectivity index (χ1n) is 6.54. The highest BCUT2D eigenvalue weighted by atomic mass is 16.3. The quantitative estimate of drug-likeness (QED) is 0.763. The van der Waals surface area contributed by atoms with Crippen LogP contribution in [0.4, 0.5) is 0 Å². The van der Waals surface area contributed by atoms with E-state index < -0.39 is 0 Å². The van der Waals surface area contributed by atoms with Crippen LogP contribution in [0.2, 0.25) is 0 Å². The minimum absolute atomic E-state index is 0.00593. The summed E-state index contributed by atoms with van der Waals surface area (Å²) in [5.41, 5.74) is 0.609. The molecule has 0 spiro atoms. The van der Waals surface area contributed by atoms with E-state index in [1.165, 1.54) is 12.8 Å². The van der Waals surface area contributed by atoms with Gasteiger partial charge in [-0.2, -0.15) is 0 Å². The van der Waals surface area contributed by atoms with Crippen molar-refractivity contribution >= 4 is 0 Å². The summed E-state index contributed by atoms with van der Waals surface area (Å²) in [7, 11) is 2.02. The van der Waals surface area contributed by atoms with Crippen LogP contribution in [0, 0.1) is 0 Å². The maximum atomic E-state index is 9.87. The minimum atomic E-state index is -0.00593. The highest BCUT2D eigenvalue weighted by molar-refractivity contribution is 5.44. The Morgan fingerprint density at radius 3 is 2.61 bits per heavy atom. The number of hydrogen-bond acceptors (Lipinski definition) is 4. The molecule has 1 heterocycles. The van der Waals surface area contributed by atoms with Crippen molar-refractivity contribution in [2.24, 2.45) is 0 Å². The molecule has 1 aromatic rings. The highest BCUT2D eigenvalue weighted by Gasteiger charge is 2.22. The van der Waals surface area contributed by atoms with Crippen molar-refractivity contribution in [1.29, 1.82) is 0 Å². The van der Waals surface area contributed by atoms with Gasteiger partial charge in [0.25, 0.3) is 0 Å². The third-order valence-corrected chi connectivity index (χ3v) is 3.81. The number of benzene rings is 1. The molecular formula is C14H22N2O2. The molecule has 1 saturated heterocycles. The van der Waals surface area contributed by atoms with Crippen LogP contribution < -0.4 is 5.32 Å². The van der Waals surface area contributed by atoms with Gasteiger partial charge in [0.2, 0.25) is 0 Å². The third kappa shape index (κ3) is 2.76. The Hall–Kier alpha value is -1.26. The smallest absolute Gasteiger partial charge is 0.124 e. The summed E-state index contributed by atoms with van der Waals surface area (Å²) in [6, 6.07) is 5.40. The van der Waals surface area contributed by atoms with Gasteiger partial charge in [0.1, 0.15) is 11.5 Å². The molecule has 1 aliphatic heterocycles. The molecule has 18 heavy (non-hydrogen) atoms. The van der Waals surface area contributed by atoms with Crippen molar-refractivity contribution in [2.75, 3.05) is 20.1 Å². The zero-order valence-corrected chi connectivity index (χ0v) is 11.1. The number of hydrogen-bond donors (Lipinski definition) is 3. The van der Waals surface area contributed by atoms with Gasteiger partial charge in [-0.25, -0.2) is 0 Å². The summed E-state index contributed by atoms with van der Waals surface area (Å²) in [5.74, 6) is 0.322. The van der Waals surface area contributed by atoms with Crippen molar-refractivity contribution in [1.82, 2.24) is 10.2 Å². The van der Waals surface area contributed by atoms with Crippen molar-refractivity contribution < 1.29 is 10.2 Å². The number of likely N-dealkylation sites (N-methyl/N-ethyl adjacent to an activating group) is 1. The average Bonchev–Trinajstić information content (AvgIpc) is 2.81. The lowest BCUT2D eigenvalue weighted by molar-refractivity contribution is 0.229. The minimum Gasteiger partial charge on any atom is -0.507 e. The van der Waals surface area contributed by atoms with E-state index in [9.17, 15) is 10.2 Å². The molecular weight excluding hydrogens is 228 g/mol. The van der Waals surface area contributed by atoms with Gasteiger partial charge in [-0.1, -0.05) is 6.07 Å².